The van der Waals surface area contributed by atoms with Gasteiger partial charge >= 0.3 is 6.18 Å². The maximum absolute atomic E-state index is 13.0. The lowest BCUT2D eigenvalue weighted by atomic mass is 9.94. The van der Waals surface area contributed by atoms with Crippen LogP contribution >= 0.6 is 0 Å². The molecule has 1 aromatic rings. The molecule has 21 heavy (non-hydrogen) atoms. The summed E-state index contributed by atoms with van der Waals surface area (Å²) in [4.78, 5) is 0. The molecular weight excluding hydrogens is 275 g/mol. The first-order valence-corrected chi connectivity index (χ1v) is 7.74. The molecule has 2 N–H and O–H groups in total. The van der Waals surface area contributed by atoms with Crippen LogP contribution in [0.15, 0.2) is 18.2 Å². The minimum atomic E-state index is -4.27. The van der Waals surface area contributed by atoms with E-state index >= 15 is 0 Å². The number of aryl methyl sites for hydroxylation is 1. The quantitative estimate of drug-likeness (QED) is 0.795. The van der Waals surface area contributed by atoms with Crippen LogP contribution in [0.1, 0.15) is 62.1 Å². The highest BCUT2D eigenvalue weighted by molar-refractivity contribution is 5.33. The number of nitrogens with two attached hydrogens (primary N) is 1. The molecule has 1 aromatic carbocycles. The Kier molecular flexibility index (Phi) is 4.97. The maximum Gasteiger partial charge on any atom is 0.416 e. The molecule has 2 rings (SSSR count). The van der Waals surface area contributed by atoms with Gasteiger partial charge in [-0.1, -0.05) is 19.9 Å². The van der Waals surface area contributed by atoms with Crippen molar-refractivity contribution in [2.75, 3.05) is 0 Å². The zero-order valence-corrected chi connectivity index (χ0v) is 12.7. The van der Waals surface area contributed by atoms with Crippen molar-refractivity contribution in [3.63, 3.8) is 0 Å². The lowest BCUT2D eigenvalue weighted by molar-refractivity contribution is -0.137. The molecule has 0 saturated heterocycles. The molecule has 1 unspecified atom stereocenters. The Morgan fingerprint density at radius 1 is 1.19 bits per heavy atom. The largest absolute Gasteiger partial charge is 0.416 e. The van der Waals surface area contributed by atoms with Crippen molar-refractivity contribution >= 4 is 0 Å². The SMILES string of the molecule is CC(C)c1cc(CCCC(N)C2CC2)cc(C(F)(F)F)c1. The van der Waals surface area contributed by atoms with Crippen LogP contribution in [-0.4, -0.2) is 6.04 Å². The van der Waals surface area contributed by atoms with Crippen LogP contribution in [0, 0.1) is 5.92 Å². The van der Waals surface area contributed by atoms with Gasteiger partial charge in [-0.05, 0) is 67.2 Å². The van der Waals surface area contributed by atoms with E-state index in [1.165, 1.54) is 25.0 Å². The first-order valence-electron chi connectivity index (χ1n) is 7.74. The fourth-order valence-electron chi connectivity index (χ4n) is 2.66. The zero-order chi connectivity index (χ0) is 15.6. The first-order chi connectivity index (χ1) is 9.77. The molecule has 0 aliphatic heterocycles. The number of hydrogen-bond acceptors (Lipinski definition) is 1. The average molecular weight is 299 g/mol. The molecule has 1 atom stereocenters. The predicted octanol–water partition coefficient (Wildman–Crippen LogP) is 4.89. The minimum absolute atomic E-state index is 0.0970. The molecule has 1 aliphatic rings. The van der Waals surface area contributed by atoms with Crippen molar-refractivity contribution in [1.29, 1.82) is 0 Å². The second-order valence-corrected chi connectivity index (χ2v) is 6.51. The Bertz CT molecular complexity index is 475. The second kappa shape index (κ2) is 6.39. The first kappa shape index (κ1) is 16.3. The van der Waals surface area contributed by atoms with Gasteiger partial charge in [-0.2, -0.15) is 13.2 Å². The van der Waals surface area contributed by atoms with Crippen LogP contribution in [0.3, 0.4) is 0 Å². The van der Waals surface area contributed by atoms with Gasteiger partial charge in [-0.15, -0.1) is 0 Å². The van der Waals surface area contributed by atoms with Gasteiger partial charge in [0.1, 0.15) is 0 Å². The fraction of sp³-hybridized carbons (Fsp3) is 0.647. The summed E-state index contributed by atoms with van der Waals surface area (Å²) < 4.78 is 38.9. The highest BCUT2D eigenvalue weighted by Gasteiger charge is 2.31. The number of hydrogen-bond donors (Lipinski definition) is 1. The topological polar surface area (TPSA) is 26.0 Å². The van der Waals surface area contributed by atoms with E-state index in [2.05, 4.69) is 0 Å². The third-order valence-electron chi connectivity index (χ3n) is 4.24. The second-order valence-electron chi connectivity index (χ2n) is 6.51. The lowest BCUT2D eigenvalue weighted by Crippen LogP contribution is -2.22. The Balaban J connectivity index is 2.04. The fourth-order valence-corrected chi connectivity index (χ4v) is 2.66. The summed E-state index contributed by atoms with van der Waals surface area (Å²) in [5.41, 5.74) is 7.04. The van der Waals surface area contributed by atoms with Crippen LogP contribution in [-0.2, 0) is 12.6 Å². The van der Waals surface area contributed by atoms with Crippen LogP contribution in [0.25, 0.3) is 0 Å². The number of alkyl halides is 3. The van der Waals surface area contributed by atoms with E-state index in [0.717, 1.165) is 24.0 Å². The van der Waals surface area contributed by atoms with Gasteiger partial charge in [-0.3, -0.25) is 0 Å². The molecular formula is C17H24F3N. The molecule has 4 heteroatoms. The molecule has 0 heterocycles. The van der Waals surface area contributed by atoms with Crippen molar-refractivity contribution in [2.24, 2.45) is 11.7 Å². The predicted molar refractivity (Wildman–Crippen MR) is 79.2 cm³/mol. The third kappa shape index (κ3) is 4.73. The van der Waals surface area contributed by atoms with E-state index in [1.54, 1.807) is 0 Å². The summed E-state index contributed by atoms with van der Waals surface area (Å²) in [6.45, 7) is 3.84. The van der Waals surface area contributed by atoms with Gasteiger partial charge < -0.3 is 5.73 Å². The summed E-state index contributed by atoms with van der Waals surface area (Å²) >= 11 is 0. The van der Waals surface area contributed by atoms with Crippen LogP contribution in [0.2, 0.25) is 0 Å². The normalized spacial score (nSPS) is 17.3. The van der Waals surface area contributed by atoms with E-state index in [-0.39, 0.29) is 12.0 Å². The molecule has 0 radical (unpaired) electrons. The summed E-state index contributed by atoms with van der Waals surface area (Å²) in [7, 11) is 0. The van der Waals surface area contributed by atoms with Gasteiger partial charge in [0.25, 0.3) is 0 Å². The summed E-state index contributed by atoms with van der Waals surface area (Å²) in [6, 6.07) is 4.68. The molecule has 0 spiro atoms. The molecule has 1 fully saturated rings. The number of benzene rings is 1. The van der Waals surface area contributed by atoms with Gasteiger partial charge in [0.2, 0.25) is 0 Å². The smallest absolute Gasteiger partial charge is 0.327 e. The van der Waals surface area contributed by atoms with E-state index in [1.807, 2.05) is 19.9 Å². The Labute approximate surface area is 124 Å². The average Bonchev–Trinajstić information content (AvgIpc) is 3.21. The van der Waals surface area contributed by atoms with Crippen molar-refractivity contribution in [3.05, 3.63) is 34.9 Å². The Morgan fingerprint density at radius 3 is 2.38 bits per heavy atom. The van der Waals surface area contributed by atoms with E-state index in [0.29, 0.717) is 12.3 Å². The van der Waals surface area contributed by atoms with Crippen LogP contribution in [0.5, 0.6) is 0 Å². The summed E-state index contributed by atoms with van der Waals surface area (Å²) in [6.07, 6.45) is 0.576. The zero-order valence-electron chi connectivity index (χ0n) is 12.7. The number of rotatable bonds is 6. The van der Waals surface area contributed by atoms with Crippen molar-refractivity contribution < 1.29 is 13.2 Å². The Hall–Kier alpha value is -1.03. The van der Waals surface area contributed by atoms with Gasteiger partial charge in [0, 0.05) is 6.04 Å². The van der Waals surface area contributed by atoms with Crippen molar-refractivity contribution in [1.82, 2.24) is 0 Å². The molecule has 1 aliphatic carbocycles. The maximum atomic E-state index is 13.0. The molecule has 0 bridgehead atoms. The molecule has 118 valence electrons. The molecule has 0 aromatic heterocycles. The summed E-state index contributed by atoms with van der Waals surface area (Å²) in [5, 5.41) is 0. The summed E-state index contributed by atoms with van der Waals surface area (Å²) in [5.74, 6) is 0.748. The minimum Gasteiger partial charge on any atom is -0.327 e. The third-order valence-corrected chi connectivity index (χ3v) is 4.24. The van der Waals surface area contributed by atoms with Gasteiger partial charge in [0.15, 0.2) is 0 Å². The molecule has 0 amide bonds. The van der Waals surface area contributed by atoms with E-state index < -0.39 is 11.7 Å². The van der Waals surface area contributed by atoms with Crippen molar-refractivity contribution in [3.8, 4) is 0 Å². The number of halogens is 3. The Morgan fingerprint density at radius 2 is 1.86 bits per heavy atom. The monoisotopic (exact) mass is 299 g/mol. The highest BCUT2D eigenvalue weighted by atomic mass is 19.4. The van der Waals surface area contributed by atoms with Gasteiger partial charge in [0.05, 0.1) is 5.56 Å². The lowest BCUT2D eigenvalue weighted by Gasteiger charge is -2.15. The molecule has 1 nitrogen and oxygen atoms in total. The highest BCUT2D eigenvalue weighted by Crippen LogP contribution is 2.34. The standard InChI is InChI=1S/C17H24F3N/c1-11(2)14-8-12(9-15(10-14)17(18,19)20)4-3-5-16(21)13-6-7-13/h8-11,13,16H,3-7,21H2,1-2H3. The van der Waals surface area contributed by atoms with E-state index in [4.69, 9.17) is 5.73 Å². The van der Waals surface area contributed by atoms with E-state index in [9.17, 15) is 13.2 Å². The molecule has 1 saturated carbocycles. The van der Waals surface area contributed by atoms with Crippen LogP contribution in [0.4, 0.5) is 13.2 Å². The van der Waals surface area contributed by atoms with Crippen molar-refractivity contribution in [2.45, 2.75) is 64.1 Å². The van der Waals surface area contributed by atoms with Crippen LogP contribution < -0.4 is 5.73 Å². The van der Waals surface area contributed by atoms with Gasteiger partial charge in [-0.25, -0.2) is 0 Å².